The standard InChI is InChI=1S/C6H9BrO3/c7-3-1-2-4(8)6(10)5(3)9/h1-6,8-10H/t3-,4-,5+,6+/m0/s1. The Morgan fingerprint density at radius 3 is 2.10 bits per heavy atom. The van der Waals surface area contributed by atoms with Crippen LogP contribution in [0.4, 0.5) is 0 Å². The summed E-state index contributed by atoms with van der Waals surface area (Å²) in [5.41, 5.74) is 0. The largest absolute Gasteiger partial charge is 0.389 e. The molecule has 58 valence electrons. The molecule has 0 radical (unpaired) electrons. The van der Waals surface area contributed by atoms with Gasteiger partial charge < -0.3 is 15.3 Å². The predicted octanol–water partition coefficient (Wildman–Crippen LogP) is -0.598. The number of aliphatic hydroxyl groups excluding tert-OH is 3. The molecule has 1 aliphatic rings. The number of rotatable bonds is 0. The number of aliphatic hydroxyl groups is 3. The maximum Gasteiger partial charge on any atom is 0.111 e. The van der Waals surface area contributed by atoms with Crippen LogP contribution in [0.25, 0.3) is 0 Å². The van der Waals surface area contributed by atoms with E-state index in [2.05, 4.69) is 15.9 Å². The second-order valence-electron chi connectivity index (χ2n) is 2.30. The van der Waals surface area contributed by atoms with Crippen molar-refractivity contribution >= 4 is 15.9 Å². The number of alkyl halides is 1. The monoisotopic (exact) mass is 208 g/mol. The average molecular weight is 209 g/mol. The molecule has 0 aliphatic heterocycles. The van der Waals surface area contributed by atoms with Crippen LogP contribution in [0, 0.1) is 0 Å². The topological polar surface area (TPSA) is 60.7 Å². The van der Waals surface area contributed by atoms with Crippen molar-refractivity contribution in [1.82, 2.24) is 0 Å². The van der Waals surface area contributed by atoms with E-state index in [4.69, 9.17) is 15.3 Å². The predicted molar refractivity (Wildman–Crippen MR) is 39.9 cm³/mol. The van der Waals surface area contributed by atoms with Gasteiger partial charge in [-0.1, -0.05) is 28.1 Å². The summed E-state index contributed by atoms with van der Waals surface area (Å²) >= 11 is 3.11. The summed E-state index contributed by atoms with van der Waals surface area (Å²) in [4.78, 5) is -0.258. The van der Waals surface area contributed by atoms with Gasteiger partial charge in [-0.2, -0.15) is 0 Å². The molecule has 0 spiro atoms. The van der Waals surface area contributed by atoms with E-state index in [0.29, 0.717) is 0 Å². The Hall–Kier alpha value is 0.1000. The number of halogens is 1. The van der Waals surface area contributed by atoms with E-state index >= 15 is 0 Å². The Balaban J connectivity index is 2.69. The zero-order valence-electron chi connectivity index (χ0n) is 5.18. The van der Waals surface area contributed by atoms with Crippen molar-refractivity contribution < 1.29 is 15.3 Å². The first kappa shape index (κ1) is 8.20. The molecule has 0 aromatic carbocycles. The molecule has 3 nitrogen and oxygen atoms in total. The molecule has 0 aromatic heterocycles. The van der Waals surface area contributed by atoms with Crippen molar-refractivity contribution in [1.29, 1.82) is 0 Å². The molecule has 0 fully saturated rings. The fourth-order valence-electron chi connectivity index (χ4n) is 0.838. The fourth-order valence-corrected chi connectivity index (χ4v) is 1.33. The van der Waals surface area contributed by atoms with Crippen molar-refractivity contribution in [2.24, 2.45) is 0 Å². The molecule has 0 aromatic rings. The van der Waals surface area contributed by atoms with Crippen LogP contribution in [0.3, 0.4) is 0 Å². The second-order valence-corrected chi connectivity index (χ2v) is 3.36. The lowest BCUT2D eigenvalue weighted by atomic mass is 9.99. The summed E-state index contributed by atoms with van der Waals surface area (Å²) in [6.45, 7) is 0. The molecule has 0 saturated carbocycles. The Labute approximate surface area is 67.1 Å². The summed E-state index contributed by atoms with van der Waals surface area (Å²) in [6.07, 6.45) is 0.136. The first-order valence-electron chi connectivity index (χ1n) is 2.99. The third kappa shape index (κ3) is 1.40. The lowest BCUT2D eigenvalue weighted by Gasteiger charge is -2.27. The molecule has 0 bridgehead atoms. The molecular formula is C6H9BrO3. The van der Waals surface area contributed by atoms with Gasteiger partial charge >= 0.3 is 0 Å². The molecule has 10 heavy (non-hydrogen) atoms. The van der Waals surface area contributed by atoms with E-state index in [1.54, 1.807) is 6.08 Å². The van der Waals surface area contributed by atoms with Crippen LogP contribution < -0.4 is 0 Å². The van der Waals surface area contributed by atoms with Gasteiger partial charge in [-0.15, -0.1) is 0 Å². The molecule has 4 heteroatoms. The molecule has 1 rings (SSSR count). The average Bonchev–Trinajstić information content (AvgIpc) is 1.93. The van der Waals surface area contributed by atoms with Crippen LogP contribution in [0.2, 0.25) is 0 Å². The molecule has 3 N–H and O–H groups in total. The van der Waals surface area contributed by atoms with Crippen molar-refractivity contribution in [3.63, 3.8) is 0 Å². The van der Waals surface area contributed by atoms with Crippen LogP contribution in [0.1, 0.15) is 0 Å². The summed E-state index contributed by atoms with van der Waals surface area (Å²) in [7, 11) is 0. The lowest BCUT2D eigenvalue weighted by molar-refractivity contribution is -0.0422. The fraction of sp³-hybridized carbons (Fsp3) is 0.667. The van der Waals surface area contributed by atoms with E-state index in [1.807, 2.05) is 0 Å². The highest BCUT2D eigenvalue weighted by Crippen LogP contribution is 2.19. The van der Waals surface area contributed by atoms with E-state index in [9.17, 15) is 0 Å². The van der Waals surface area contributed by atoms with Gasteiger partial charge in [0.1, 0.15) is 12.2 Å². The quantitative estimate of drug-likeness (QED) is 0.369. The van der Waals surface area contributed by atoms with Gasteiger partial charge in [0, 0.05) is 0 Å². The number of hydrogen-bond acceptors (Lipinski definition) is 3. The summed E-state index contributed by atoms with van der Waals surface area (Å²) < 4.78 is 0. The summed E-state index contributed by atoms with van der Waals surface area (Å²) in [6, 6.07) is 0. The minimum Gasteiger partial charge on any atom is -0.389 e. The SMILES string of the molecule is O[C@H]1[C@H](O)[C@@H](Br)C=C[C@@H]1O. The summed E-state index contributed by atoms with van der Waals surface area (Å²) in [5.74, 6) is 0. The first-order valence-corrected chi connectivity index (χ1v) is 3.91. The first-order chi connectivity index (χ1) is 4.63. The molecule has 0 heterocycles. The maximum atomic E-state index is 9.11. The highest BCUT2D eigenvalue weighted by Gasteiger charge is 2.30. The third-order valence-electron chi connectivity index (χ3n) is 1.52. The lowest BCUT2D eigenvalue weighted by Crippen LogP contribution is -2.43. The van der Waals surface area contributed by atoms with E-state index in [-0.39, 0.29) is 4.83 Å². The zero-order chi connectivity index (χ0) is 7.72. The molecule has 0 amide bonds. The van der Waals surface area contributed by atoms with E-state index < -0.39 is 18.3 Å². The van der Waals surface area contributed by atoms with Gasteiger partial charge in [0.15, 0.2) is 0 Å². The zero-order valence-corrected chi connectivity index (χ0v) is 6.77. The normalized spacial score (nSPS) is 47.6. The molecule has 1 aliphatic carbocycles. The second kappa shape index (κ2) is 3.00. The van der Waals surface area contributed by atoms with E-state index in [0.717, 1.165) is 0 Å². The van der Waals surface area contributed by atoms with Crippen LogP contribution in [-0.4, -0.2) is 38.5 Å². The van der Waals surface area contributed by atoms with Gasteiger partial charge in [0.05, 0.1) is 10.9 Å². The molecular weight excluding hydrogens is 200 g/mol. The van der Waals surface area contributed by atoms with Gasteiger partial charge in [-0.05, 0) is 0 Å². The van der Waals surface area contributed by atoms with Crippen molar-refractivity contribution in [3.05, 3.63) is 12.2 Å². The van der Waals surface area contributed by atoms with Crippen LogP contribution in [-0.2, 0) is 0 Å². The summed E-state index contributed by atoms with van der Waals surface area (Å²) in [5, 5.41) is 27.1. The maximum absolute atomic E-state index is 9.11. The molecule has 0 saturated heterocycles. The minimum absolute atomic E-state index is 0.258. The van der Waals surface area contributed by atoms with Gasteiger partial charge in [-0.25, -0.2) is 0 Å². The van der Waals surface area contributed by atoms with Crippen LogP contribution in [0.5, 0.6) is 0 Å². The van der Waals surface area contributed by atoms with Gasteiger partial charge in [0.25, 0.3) is 0 Å². The van der Waals surface area contributed by atoms with Crippen molar-refractivity contribution in [2.75, 3.05) is 0 Å². The Kier molecular flexibility index (Phi) is 2.46. The minimum atomic E-state index is -1.07. The van der Waals surface area contributed by atoms with Gasteiger partial charge in [0.2, 0.25) is 0 Å². The Morgan fingerprint density at radius 1 is 1.00 bits per heavy atom. The Bertz CT molecular complexity index is 132. The van der Waals surface area contributed by atoms with Crippen LogP contribution in [0.15, 0.2) is 12.2 Å². The van der Waals surface area contributed by atoms with Crippen LogP contribution >= 0.6 is 15.9 Å². The highest BCUT2D eigenvalue weighted by atomic mass is 79.9. The number of hydrogen-bond donors (Lipinski definition) is 3. The third-order valence-corrected chi connectivity index (χ3v) is 2.37. The van der Waals surface area contributed by atoms with Gasteiger partial charge in [-0.3, -0.25) is 0 Å². The Morgan fingerprint density at radius 2 is 1.60 bits per heavy atom. The van der Waals surface area contributed by atoms with E-state index in [1.165, 1.54) is 6.08 Å². The van der Waals surface area contributed by atoms with Crippen molar-refractivity contribution in [3.8, 4) is 0 Å². The smallest absolute Gasteiger partial charge is 0.111 e. The van der Waals surface area contributed by atoms with Crippen molar-refractivity contribution in [2.45, 2.75) is 23.1 Å². The molecule has 4 atom stereocenters. The molecule has 0 unspecified atom stereocenters. The highest BCUT2D eigenvalue weighted by molar-refractivity contribution is 9.09.